The Kier molecular flexibility index (Phi) is 6.36. The topological polar surface area (TPSA) is 44.8 Å². The Bertz CT molecular complexity index is 834. The van der Waals surface area contributed by atoms with Crippen molar-refractivity contribution in [1.29, 1.82) is 0 Å². The van der Waals surface area contributed by atoms with E-state index in [-0.39, 0.29) is 17.6 Å². The molecule has 0 unspecified atom stereocenters. The molecule has 0 saturated carbocycles. The minimum absolute atomic E-state index is 0.0551. The molecule has 1 aliphatic heterocycles. The first-order chi connectivity index (χ1) is 13.8. The van der Waals surface area contributed by atoms with Crippen LogP contribution in [0.4, 0.5) is 16.2 Å². The molecule has 156 valence electrons. The van der Waals surface area contributed by atoms with Crippen molar-refractivity contribution in [2.45, 2.75) is 46.1 Å². The van der Waals surface area contributed by atoms with Gasteiger partial charge in [0, 0.05) is 31.9 Å². The lowest BCUT2D eigenvalue weighted by Gasteiger charge is -2.38. The highest BCUT2D eigenvalue weighted by Crippen LogP contribution is 2.32. The molecule has 2 aromatic rings. The van der Waals surface area contributed by atoms with E-state index in [1.807, 2.05) is 43.0 Å². The summed E-state index contributed by atoms with van der Waals surface area (Å²) in [5.74, 6) is 0.702. The van der Waals surface area contributed by atoms with E-state index in [0.717, 1.165) is 13.1 Å². The first-order valence-electron chi connectivity index (χ1n) is 10.4. The number of ether oxygens (including phenoxy) is 1. The van der Waals surface area contributed by atoms with Crippen LogP contribution < -0.4 is 15.0 Å². The Balaban J connectivity index is 1.64. The highest BCUT2D eigenvalue weighted by atomic mass is 16.5. The minimum atomic E-state index is -0.0754. The van der Waals surface area contributed by atoms with Gasteiger partial charge in [0.2, 0.25) is 0 Å². The average molecular weight is 396 g/mol. The number of piperazine rings is 1. The maximum atomic E-state index is 12.8. The molecule has 1 saturated heterocycles. The molecule has 0 atom stereocenters. The number of benzene rings is 2. The number of hydrogen-bond donors (Lipinski definition) is 1. The first kappa shape index (κ1) is 21.0. The fourth-order valence-corrected chi connectivity index (χ4v) is 3.65. The van der Waals surface area contributed by atoms with E-state index in [4.69, 9.17) is 4.74 Å². The summed E-state index contributed by atoms with van der Waals surface area (Å²) in [6, 6.07) is 16.1. The van der Waals surface area contributed by atoms with Crippen LogP contribution in [0.15, 0.2) is 48.5 Å². The molecule has 2 amide bonds. The largest absolute Gasteiger partial charge is 0.489 e. The van der Waals surface area contributed by atoms with Gasteiger partial charge < -0.3 is 19.9 Å². The Morgan fingerprint density at radius 3 is 2.24 bits per heavy atom. The highest BCUT2D eigenvalue weighted by Gasteiger charge is 2.26. The van der Waals surface area contributed by atoms with Crippen molar-refractivity contribution in [3.05, 3.63) is 54.1 Å². The summed E-state index contributed by atoms with van der Waals surface area (Å²) in [7, 11) is 0. The van der Waals surface area contributed by atoms with E-state index in [1.165, 1.54) is 11.3 Å². The first-order valence-corrected chi connectivity index (χ1v) is 10.4. The van der Waals surface area contributed by atoms with Gasteiger partial charge in [-0.2, -0.15) is 0 Å². The number of urea groups is 1. The van der Waals surface area contributed by atoms with Gasteiger partial charge in [-0.05, 0) is 43.0 Å². The molecule has 2 aromatic carbocycles. The lowest BCUT2D eigenvalue weighted by Crippen LogP contribution is -2.50. The molecule has 1 fully saturated rings. The zero-order chi connectivity index (χ0) is 21.0. The predicted octanol–water partition coefficient (Wildman–Crippen LogP) is 5.13. The van der Waals surface area contributed by atoms with Crippen molar-refractivity contribution in [2.75, 3.05) is 36.4 Å². The molecule has 1 heterocycles. The van der Waals surface area contributed by atoms with E-state index >= 15 is 0 Å². The second kappa shape index (κ2) is 8.76. The summed E-state index contributed by atoms with van der Waals surface area (Å²) >= 11 is 0. The van der Waals surface area contributed by atoms with Crippen molar-refractivity contribution in [3.63, 3.8) is 0 Å². The van der Waals surface area contributed by atoms with E-state index in [2.05, 4.69) is 55.3 Å². The van der Waals surface area contributed by atoms with E-state index in [0.29, 0.717) is 24.5 Å². The number of nitrogens with one attached hydrogen (secondary N) is 1. The molecular weight excluding hydrogens is 362 g/mol. The van der Waals surface area contributed by atoms with Crippen LogP contribution in [0.2, 0.25) is 0 Å². The molecule has 5 heteroatoms. The molecule has 3 rings (SSSR count). The predicted molar refractivity (Wildman–Crippen MR) is 120 cm³/mol. The van der Waals surface area contributed by atoms with Crippen LogP contribution in [0.1, 0.15) is 40.2 Å². The zero-order valence-electron chi connectivity index (χ0n) is 18.2. The van der Waals surface area contributed by atoms with Crippen LogP contribution in [-0.2, 0) is 5.41 Å². The third kappa shape index (κ3) is 5.22. The molecule has 1 N–H and O–H groups in total. The van der Waals surface area contributed by atoms with Crippen molar-refractivity contribution in [1.82, 2.24) is 4.90 Å². The van der Waals surface area contributed by atoms with Crippen LogP contribution >= 0.6 is 0 Å². The molecule has 1 aliphatic rings. The van der Waals surface area contributed by atoms with Crippen LogP contribution in [0.3, 0.4) is 0 Å². The third-order valence-electron chi connectivity index (χ3n) is 5.11. The highest BCUT2D eigenvalue weighted by molar-refractivity contribution is 5.91. The summed E-state index contributed by atoms with van der Waals surface area (Å²) < 4.78 is 5.81. The minimum Gasteiger partial charge on any atom is -0.489 e. The van der Waals surface area contributed by atoms with E-state index in [9.17, 15) is 4.79 Å². The van der Waals surface area contributed by atoms with E-state index in [1.54, 1.807) is 0 Å². The molecule has 0 aromatic heterocycles. The van der Waals surface area contributed by atoms with Crippen LogP contribution in [0.5, 0.6) is 5.75 Å². The maximum absolute atomic E-state index is 12.8. The van der Waals surface area contributed by atoms with Crippen LogP contribution in [-0.4, -0.2) is 43.2 Å². The van der Waals surface area contributed by atoms with Gasteiger partial charge >= 0.3 is 6.03 Å². The summed E-state index contributed by atoms with van der Waals surface area (Å²) in [4.78, 5) is 17.1. The second-order valence-corrected chi connectivity index (χ2v) is 8.83. The maximum Gasteiger partial charge on any atom is 0.322 e. The zero-order valence-corrected chi connectivity index (χ0v) is 18.2. The van der Waals surface area contributed by atoms with Crippen molar-refractivity contribution in [2.24, 2.45) is 0 Å². The summed E-state index contributed by atoms with van der Waals surface area (Å²) in [6.45, 7) is 13.7. The van der Waals surface area contributed by atoms with Crippen LogP contribution in [0, 0.1) is 0 Å². The Hall–Kier alpha value is -2.69. The third-order valence-corrected chi connectivity index (χ3v) is 5.11. The molecule has 0 bridgehead atoms. The SMILES string of the molecule is CC(C)Oc1ccccc1NC(=O)N1CCN(c2ccccc2C(C)(C)C)CC1. The fraction of sp³-hybridized carbons (Fsp3) is 0.458. The number of rotatable bonds is 4. The molecule has 0 radical (unpaired) electrons. The standard InChI is InChI=1S/C24H33N3O2/c1-18(2)29-22-13-9-7-11-20(22)25-23(28)27-16-14-26(15-17-27)21-12-8-6-10-19(21)24(3,4)5/h6-13,18H,14-17H2,1-5H3,(H,25,28). The van der Waals surface area contributed by atoms with Gasteiger partial charge in [0.05, 0.1) is 11.8 Å². The van der Waals surface area contributed by atoms with Gasteiger partial charge in [0.1, 0.15) is 5.75 Å². The smallest absolute Gasteiger partial charge is 0.322 e. The number of hydrogen-bond acceptors (Lipinski definition) is 3. The summed E-state index contributed by atoms with van der Waals surface area (Å²) in [5.41, 5.74) is 3.42. The quantitative estimate of drug-likeness (QED) is 0.781. The van der Waals surface area contributed by atoms with E-state index < -0.39 is 0 Å². The van der Waals surface area contributed by atoms with Gasteiger partial charge in [0.25, 0.3) is 0 Å². The second-order valence-electron chi connectivity index (χ2n) is 8.83. The number of carbonyl (C=O) groups excluding carboxylic acids is 1. The Morgan fingerprint density at radius 1 is 0.966 bits per heavy atom. The van der Waals surface area contributed by atoms with Gasteiger partial charge in [-0.3, -0.25) is 0 Å². The molecular formula is C24H33N3O2. The summed E-state index contributed by atoms with van der Waals surface area (Å²) in [5, 5.41) is 3.02. The van der Waals surface area contributed by atoms with Crippen molar-refractivity contribution in [3.8, 4) is 5.75 Å². The molecule has 0 spiro atoms. The number of nitrogens with zero attached hydrogens (tertiary/aromatic N) is 2. The fourth-order valence-electron chi connectivity index (χ4n) is 3.65. The Morgan fingerprint density at radius 2 is 1.59 bits per heavy atom. The Labute approximate surface area is 174 Å². The lowest BCUT2D eigenvalue weighted by atomic mass is 9.85. The number of anilines is 2. The van der Waals surface area contributed by atoms with Gasteiger partial charge in [0.15, 0.2) is 0 Å². The number of carbonyl (C=O) groups is 1. The number of amides is 2. The molecule has 29 heavy (non-hydrogen) atoms. The normalized spacial score (nSPS) is 14.8. The van der Waals surface area contributed by atoms with Crippen molar-refractivity contribution < 1.29 is 9.53 Å². The average Bonchev–Trinajstić information content (AvgIpc) is 2.68. The molecule has 0 aliphatic carbocycles. The van der Waals surface area contributed by atoms with Gasteiger partial charge in [-0.25, -0.2) is 4.79 Å². The summed E-state index contributed by atoms with van der Waals surface area (Å²) in [6.07, 6.45) is 0.0551. The molecule has 5 nitrogen and oxygen atoms in total. The van der Waals surface area contributed by atoms with Gasteiger partial charge in [-0.1, -0.05) is 51.1 Å². The monoisotopic (exact) mass is 395 g/mol. The lowest BCUT2D eigenvalue weighted by molar-refractivity contribution is 0.207. The number of para-hydroxylation sites is 3. The van der Waals surface area contributed by atoms with Crippen molar-refractivity contribution >= 4 is 17.4 Å². The van der Waals surface area contributed by atoms with Crippen LogP contribution in [0.25, 0.3) is 0 Å². The van der Waals surface area contributed by atoms with Gasteiger partial charge in [-0.15, -0.1) is 0 Å².